The summed E-state index contributed by atoms with van der Waals surface area (Å²) in [5.74, 6) is 0.857. The highest BCUT2D eigenvalue weighted by Crippen LogP contribution is 2.06. The van der Waals surface area contributed by atoms with Gasteiger partial charge in [0.1, 0.15) is 5.82 Å². The fourth-order valence-corrected chi connectivity index (χ4v) is 1.41. The Bertz CT molecular complexity index is 401. The van der Waals surface area contributed by atoms with Crippen LogP contribution < -0.4 is 10.0 Å². The van der Waals surface area contributed by atoms with Crippen LogP contribution in [0.25, 0.3) is 0 Å². The van der Waals surface area contributed by atoms with E-state index in [1.807, 2.05) is 6.92 Å². The van der Waals surface area contributed by atoms with E-state index in [0.717, 1.165) is 19.2 Å². The SMILES string of the molecule is CCCNc1ccc(NS(C)(=O)=O)nn1. The second-order valence-electron chi connectivity index (χ2n) is 3.10. The summed E-state index contributed by atoms with van der Waals surface area (Å²) in [6.07, 6.45) is 2.06. The lowest BCUT2D eigenvalue weighted by molar-refractivity contribution is 0.606. The molecule has 0 fully saturated rings. The highest BCUT2D eigenvalue weighted by Gasteiger charge is 2.03. The first kappa shape index (κ1) is 11.7. The van der Waals surface area contributed by atoms with Gasteiger partial charge < -0.3 is 5.32 Å². The van der Waals surface area contributed by atoms with Gasteiger partial charge in [0.05, 0.1) is 6.26 Å². The summed E-state index contributed by atoms with van der Waals surface area (Å²) in [5, 5.41) is 10.6. The molecule has 0 unspecified atom stereocenters. The van der Waals surface area contributed by atoms with Crippen LogP contribution in [0.2, 0.25) is 0 Å². The summed E-state index contributed by atoms with van der Waals surface area (Å²) < 4.78 is 24.0. The van der Waals surface area contributed by atoms with E-state index in [0.29, 0.717) is 5.82 Å². The van der Waals surface area contributed by atoms with Crippen molar-refractivity contribution >= 4 is 21.7 Å². The van der Waals surface area contributed by atoms with Gasteiger partial charge in [0, 0.05) is 6.54 Å². The Kier molecular flexibility index (Phi) is 3.84. The summed E-state index contributed by atoms with van der Waals surface area (Å²) in [6, 6.07) is 3.24. The predicted molar refractivity (Wildman–Crippen MR) is 59.3 cm³/mol. The normalized spacial score (nSPS) is 11.1. The van der Waals surface area contributed by atoms with Gasteiger partial charge in [-0.05, 0) is 18.6 Å². The van der Waals surface area contributed by atoms with Gasteiger partial charge in [-0.2, -0.15) is 0 Å². The molecule has 0 amide bonds. The van der Waals surface area contributed by atoms with E-state index in [2.05, 4.69) is 20.2 Å². The van der Waals surface area contributed by atoms with Crippen LogP contribution >= 0.6 is 0 Å². The molecule has 0 saturated heterocycles. The molecule has 1 aromatic heterocycles. The van der Waals surface area contributed by atoms with Crippen LogP contribution in [0.3, 0.4) is 0 Å². The maximum Gasteiger partial charge on any atom is 0.231 e. The van der Waals surface area contributed by atoms with E-state index in [1.54, 1.807) is 12.1 Å². The molecule has 2 N–H and O–H groups in total. The van der Waals surface area contributed by atoms with Gasteiger partial charge in [-0.3, -0.25) is 4.72 Å². The number of nitrogens with one attached hydrogen (secondary N) is 2. The zero-order valence-electron chi connectivity index (χ0n) is 8.69. The average molecular weight is 230 g/mol. The number of anilines is 2. The molecule has 84 valence electrons. The van der Waals surface area contributed by atoms with Crippen molar-refractivity contribution in [1.82, 2.24) is 10.2 Å². The lowest BCUT2D eigenvalue weighted by atomic mass is 10.4. The summed E-state index contributed by atoms with van der Waals surface area (Å²) in [5.41, 5.74) is 0. The van der Waals surface area contributed by atoms with Gasteiger partial charge in [-0.1, -0.05) is 6.92 Å². The topological polar surface area (TPSA) is 84.0 Å². The molecule has 0 bridgehead atoms. The first-order chi connectivity index (χ1) is 7.01. The third-order valence-electron chi connectivity index (χ3n) is 1.51. The Balaban J connectivity index is 2.64. The molecule has 1 aromatic rings. The van der Waals surface area contributed by atoms with Crippen LogP contribution in [0, 0.1) is 0 Å². The van der Waals surface area contributed by atoms with Crippen LogP contribution in [0.15, 0.2) is 12.1 Å². The zero-order chi connectivity index (χ0) is 11.3. The van der Waals surface area contributed by atoms with Gasteiger partial charge in [-0.25, -0.2) is 8.42 Å². The molecule has 15 heavy (non-hydrogen) atoms. The van der Waals surface area contributed by atoms with Gasteiger partial charge in [0.25, 0.3) is 0 Å². The summed E-state index contributed by atoms with van der Waals surface area (Å²) in [7, 11) is -3.28. The van der Waals surface area contributed by atoms with E-state index < -0.39 is 10.0 Å². The van der Waals surface area contributed by atoms with Gasteiger partial charge >= 0.3 is 0 Å². The minimum Gasteiger partial charge on any atom is -0.369 e. The van der Waals surface area contributed by atoms with Gasteiger partial charge in [-0.15, -0.1) is 10.2 Å². The molecule has 0 aliphatic carbocycles. The summed E-state index contributed by atoms with van der Waals surface area (Å²) in [4.78, 5) is 0. The smallest absolute Gasteiger partial charge is 0.231 e. The number of hydrogen-bond acceptors (Lipinski definition) is 5. The second-order valence-corrected chi connectivity index (χ2v) is 4.85. The van der Waals surface area contributed by atoms with Crippen molar-refractivity contribution in [2.45, 2.75) is 13.3 Å². The van der Waals surface area contributed by atoms with Crippen molar-refractivity contribution in [2.24, 2.45) is 0 Å². The van der Waals surface area contributed by atoms with Crippen LogP contribution in [0.1, 0.15) is 13.3 Å². The largest absolute Gasteiger partial charge is 0.369 e. The first-order valence-corrected chi connectivity index (χ1v) is 6.46. The number of sulfonamides is 1. The van der Waals surface area contributed by atoms with Crippen LogP contribution in [0.5, 0.6) is 0 Å². The predicted octanol–water partition coefficient (Wildman–Crippen LogP) is 0.670. The fourth-order valence-electron chi connectivity index (χ4n) is 0.924. The third-order valence-corrected chi connectivity index (χ3v) is 2.09. The molecule has 1 rings (SSSR count). The lowest BCUT2D eigenvalue weighted by Crippen LogP contribution is -2.12. The zero-order valence-corrected chi connectivity index (χ0v) is 9.50. The minimum atomic E-state index is -3.28. The van der Waals surface area contributed by atoms with Crippen molar-refractivity contribution < 1.29 is 8.42 Å². The van der Waals surface area contributed by atoms with Crippen LogP contribution in [-0.4, -0.2) is 31.4 Å². The van der Waals surface area contributed by atoms with E-state index in [4.69, 9.17) is 0 Å². The van der Waals surface area contributed by atoms with Crippen molar-refractivity contribution in [3.05, 3.63) is 12.1 Å². The molecule has 0 saturated carbocycles. The Morgan fingerprint density at radius 3 is 2.33 bits per heavy atom. The van der Waals surface area contributed by atoms with E-state index in [-0.39, 0.29) is 5.82 Å². The third kappa shape index (κ3) is 4.59. The van der Waals surface area contributed by atoms with Crippen molar-refractivity contribution in [3.8, 4) is 0 Å². The minimum absolute atomic E-state index is 0.222. The fraction of sp³-hybridized carbons (Fsp3) is 0.500. The number of hydrogen-bond donors (Lipinski definition) is 2. The Labute approximate surface area is 89.2 Å². The Morgan fingerprint density at radius 2 is 1.87 bits per heavy atom. The molecule has 0 radical (unpaired) electrons. The summed E-state index contributed by atoms with van der Waals surface area (Å²) >= 11 is 0. The van der Waals surface area contributed by atoms with E-state index in [9.17, 15) is 8.42 Å². The van der Waals surface area contributed by atoms with E-state index in [1.165, 1.54) is 0 Å². The number of rotatable bonds is 5. The second kappa shape index (κ2) is 4.92. The number of aromatic nitrogens is 2. The van der Waals surface area contributed by atoms with Crippen molar-refractivity contribution in [1.29, 1.82) is 0 Å². The molecule has 6 nitrogen and oxygen atoms in total. The van der Waals surface area contributed by atoms with Gasteiger partial charge in [0.15, 0.2) is 5.82 Å². The van der Waals surface area contributed by atoms with Gasteiger partial charge in [0.2, 0.25) is 10.0 Å². The quantitative estimate of drug-likeness (QED) is 0.776. The molecule has 0 atom stereocenters. The Hall–Kier alpha value is -1.37. The standard InChI is InChI=1S/C8H14N4O2S/c1-3-6-9-7-4-5-8(11-10-7)12-15(2,13)14/h4-5H,3,6H2,1-2H3,(H,9,10)(H,11,12). The lowest BCUT2D eigenvalue weighted by Gasteiger charge is -2.04. The maximum atomic E-state index is 10.9. The van der Waals surface area contributed by atoms with Crippen LogP contribution in [0.4, 0.5) is 11.6 Å². The molecule has 0 spiro atoms. The molecular formula is C8H14N4O2S. The highest BCUT2D eigenvalue weighted by atomic mass is 32.2. The molecule has 0 aromatic carbocycles. The molecular weight excluding hydrogens is 216 g/mol. The first-order valence-electron chi connectivity index (χ1n) is 4.56. The van der Waals surface area contributed by atoms with E-state index >= 15 is 0 Å². The molecule has 0 aliphatic rings. The monoisotopic (exact) mass is 230 g/mol. The van der Waals surface area contributed by atoms with Crippen molar-refractivity contribution in [2.75, 3.05) is 22.8 Å². The highest BCUT2D eigenvalue weighted by molar-refractivity contribution is 7.92. The molecule has 7 heteroatoms. The maximum absolute atomic E-state index is 10.9. The molecule has 1 heterocycles. The molecule has 0 aliphatic heterocycles. The number of nitrogens with zero attached hydrogens (tertiary/aromatic N) is 2. The Morgan fingerprint density at radius 1 is 1.27 bits per heavy atom. The van der Waals surface area contributed by atoms with Crippen molar-refractivity contribution in [3.63, 3.8) is 0 Å². The summed E-state index contributed by atoms with van der Waals surface area (Å²) in [6.45, 7) is 2.85. The van der Waals surface area contributed by atoms with Crippen LogP contribution in [-0.2, 0) is 10.0 Å². The average Bonchev–Trinajstić information content (AvgIpc) is 2.14.